The van der Waals surface area contributed by atoms with Gasteiger partial charge in [0, 0.05) is 33.1 Å². The van der Waals surface area contributed by atoms with E-state index in [0.29, 0.717) is 16.6 Å². The van der Waals surface area contributed by atoms with E-state index in [9.17, 15) is 28.7 Å². The number of hydrogen-bond acceptors (Lipinski definition) is 10. The molecule has 4 aromatic rings. The SMILES string of the molecule is C=CCN1CC(=O)N2C(Cc3ccc(OP(=O)([O-])[O-])cc3)C(=O)N(Cc3ccc4nn(C)nc4c3)CC2N1C(=O)NCc1ccccc1.[Na+].[Na+]. The molecule has 3 aromatic carbocycles. The molecule has 2 aliphatic heterocycles. The van der Waals surface area contributed by atoms with Gasteiger partial charge in [-0.1, -0.05) is 54.6 Å². The molecule has 0 spiro atoms. The second kappa shape index (κ2) is 17.0. The van der Waals surface area contributed by atoms with Gasteiger partial charge in [0.2, 0.25) is 11.8 Å². The Hall–Kier alpha value is -3.08. The van der Waals surface area contributed by atoms with E-state index in [1.807, 2.05) is 48.5 Å². The van der Waals surface area contributed by atoms with Gasteiger partial charge in [-0.3, -0.25) is 9.59 Å². The molecule has 2 saturated heterocycles. The van der Waals surface area contributed by atoms with Gasteiger partial charge in [-0.2, -0.15) is 15.0 Å². The average Bonchev–Trinajstić information content (AvgIpc) is 3.42. The Morgan fingerprint density at radius 2 is 1.68 bits per heavy atom. The summed E-state index contributed by atoms with van der Waals surface area (Å²) in [6.07, 6.45) is 0.791. The molecule has 50 heavy (non-hydrogen) atoms. The van der Waals surface area contributed by atoms with Crippen molar-refractivity contribution in [1.29, 1.82) is 0 Å². The molecule has 250 valence electrons. The molecule has 0 aliphatic carbocycles. The maximum absolute atomic E-state index is 14.3. The first kappa shape index (κ1) is 39.7. The Morgan fingerprint density at radius 3 is 2.36 bits per heavy atom. The first-order valence-electron chi connectivity index (χ1n) is 15.2. The summed E-state index contributed by atoms with van der Waals surface area (Å²) in [5.41, 5.74) is 3.62. The van der Waals surface area contributed by atoms with Crippen LogP contribution in [0.1, 0.15) is 16.7 Å². The third-order valence-electron chi connectivity index (χ3n) is 8.15. The number of nitrogens with one attached hydrogen (secondary N) is 1. The summed E-state index contributed by atoms with van der Waals surface area (Å²) >= 11 is 0. The molecule has 2 fully saturated rings. The molecule has 4 amide bonds. The van der Waals surface area contributed by atoms with Crippen molar-refractivity contribution in [3.05, 3.63) is 102 Å². The first-order chi connectivity index (χ1) is 23.0. The molecule has 2 aliphatic rings. The predicted molar refractivity (Wildman–Crippen MR) is 169 cm³/mol. The second-order valence-corrected chi connectivity index (χ2v) is 12.6. The van der Waals surface area contributed by atoms with Gasteiger partial charge in [-0.05, 0) is 41.0 Å². The van der Waals surface area contributed by atoms with Crippen molar-refractivity contribution in [3.63, 3.8) is 0 Å². The fourth-order valence-electron chi connectivity index (χ4n) is 6.12. The van der Waals surface area contributed by atoms with Gasteiger partial charge in [0.25, 0.3) is 0 Å². The maximum Gasteiger partial charge on any atom is 1.00 e. The predicted octanol–water partition coefficient (Wildman–Crippen LogP) is -5.08. The van der Waals surface area contributed by atoms with Crippen LogP contribution >= 0.6 is 7.82 Å². The Morgan fingerprint density at radius 1 is 1.00 bits per heavy atom. The number of rotatable bonds is 10. The van der Waals surface area contributed by atoms with Gasteiger partial charge in [-0.25, -0.2) is 14.8 Å². The van der Waals surface area contributed by atoms with E-state index in [-0.39, 0.29) is 116 Å². The van der Waals surface area contributed by atoms with E-state index in [4.69, 9.17) is 0 Å². The van der Waals surface area contributed by atoms with Crippen molar-refractivity contribution < 1.29 is 92.4 Å². The topological polar surface area (TPSA) is 179 Å². The van der Waals surface area contributed by atoms with Crippen LogP contribution < -0.4 is 78.7 Å². The fourth-order valence-corrected chi connectivity index (χ4v) is 6.50. The first-order valence-corrected chi connectivity index (χ1v) is 16.6. The van der Waals surface area contributed by atoms with E-state index in [1.165, 1.54) is 39.0 Å². The zero-order valence-electron chi connectivity index (χ0n) is 28.0. The normalized spacial score (nSPS) is 17.9. The van der Waals surface area contributed by atoms with Gasteiger partial charge in [0.1, 0.15) is 36.8 Å². The van der Waals surface area contributed by atoms with Crippen molar-refractivity contribution >= 4 is 36.7 Å². The van der Waals surface area contributed by atoms with E-state index < -0.39 is 26.1 Å². The summed E-state index contributed by atoms with van der Waals surface area (Å²) in [7, 11) is -3.54. The number of aromatic nitrogens is 3. The van der Waals surface area contributed by atoms with Crippen LogP contribution in [0.2, 0.25) is 0 Å². The zero-order chi connectivity index (χ0) is 34.0. The number of fused-ring (bicyclic) bond motifs is 2. The van der Waals surface area contributed by atoms with Crippen LogP contribution in [0.25, 0.3) is 11.0 Å². The number of amides is 4. The zero-order valence-corrected chi connectivity index (χ0v) is 32.9. The van der Waals surface area contributed by atoms with Gasteiger partial charge >= 0.3 is 65.1 Å². The monoisotopic (exact) mass is 718 g/mol. The third-order valence-corrected chi connectivity index (χ3v) is 8.59. The molecular formula is C32H33N8Na2O7P. The Labute approximate surface area is 333 Å². The Kier molecular flexibility index (Phi) is 13.5. The van der Waals surface area contributed by atoms with Crippen molar-refractivity contribution in [1.82, 2.24) is 40.1 Å². The molecule has 0 bridgehead atoms. The van der Waals surface area contributed by atoms with Crippen LogP contribution in [0, 0.1) is 0 Å². The number of phosphoric acid groups is 1. The number of carbonyl (C=O) groups is 3. The van der Waals surface area contributed by atoms with Crippen molar-refractivity contribution in [3.8, 4) is 5.75 Å². The van der Waals surface area contributed by atoms with Gasteiger partial charge in [0.15, 0.2) is 0 Å². The molecule has 1 N–H and O–H groups in total. The van der Waals surface area contributed by atoms with E-state index in [2.05, 4.69) is 26.6 Å². The number of hydrogen-bond donors (Lipinski definition) is 1. The van der Waals surface area contributed by atoms with E-state index in [1.54, 1.807) is 23.0 Å². The van der Waals surface area contributed by atoms with Crippen molar-refractivity contribution in [2.75, 3.05) is 19.6 Å². The van der Waals surface area contributed by atoms with Crippen LogP contribution in [0.15, 0.2) is 85.5 Å². The molecule has 2 unspecified atom stereocenters. The molecule has 3 heterocycles. The summed E-state index contributed by atoms with van der Waals surface area (Å²) in [6.45, 7) is 4.31. The maximum atomic E-state index is 14.3. The van der Waals surface area contributed by atoms with Crippen LogP contribution in [0.3, 0.4) is 0 Å². The quantitative estimate of drug-likeness (QED) is 0.0948. The van der Waals surface area contributed by atoms with Crippen LogP contribution in [-0.4, -0.2) is 84.5 Å². The minimum Gasteiger partial charge on any atom is -0.780 e. The summed E-state index contributed by atoms with van der Waals surface area (Å²) in [4.78, 5) is 68.7. The van der Waals surface area contributed by atoms with Gasteiger partial charge < -0.3 is 34.0 Å². The molecular weight excluding hydrogens is 685 g/mol. The average molecular weight is 719 g/mol. The molecule has 2 atom stereocenters. The van der Waals surface area contributed by atoms with Crippen LogP contribution in [0.5, 0.6) is 5.75 Å². The second-order valence-electron chi connectivity index (χ2n) is 11.5. The number of hydrazine groups is 1. The number of carbonyl (C=O) groups excluding carboxylic acids is 3. The summed E-state index contributed by atoms with van der Waals surface area (Å²) in [5.74, 6) is -0.840. The number of phosphoric ester groups is 1. The van der Waals surface area contributed by atoms with Crippen LogP contribution in [0.4, 0.5) is 4.79 Å². The summed E-state index contributed by atoms with van der Waals surface area (Å²) < 4.78 is 15.5. The van der Waals surface area contributed by atoms with Crippen molar-refractivity contribution in [2.24, 2.45) is 7.05 Å². The largest absolute Gasteiger partial charge is 1.00 e. The van der Waals surface area contributed by atoms with E-state index in [0.717, 1.165) is 11.1 Å². The smallest absolute Gasteiger partial charge is 0.780 e. The minimum absolute atomic E-state index is 0. The number of benzene rings is 3. The minimum atomic E-state index is -5.26. The standard InChI is InChI=1S/C32H35N8O7P.2Na/c1-3-15-38-21-30(41)39-28(17-22-9-12-25(13-10-22)47-48(44,45)46)31(42)37(19-24-11-14-26-27(16-24)35-36(2)34-26)20-29(39)40(38)32(43)33-18-23-7-5-4-6-8-23;;/h3-14,16,28-29H,1,15,17-21H2,2H3,(H,33,43)(H2,44,45,46);;/q;2*+1/p-2. The summed E-state index contributed by atoms with van der Waals surface area (Å²) in [6, 6.07) is 19.1. The molecule has 15 nitrogen and oxygen atoms in total. The molecule has 1 aromatic heterocycles. The number of nitrogens with zero attached hydrogens (tertiary/aromatic N) is 7. The summed E-state index contributed by atoms with van der Waals surface area (Å²) in [5, 5.41) is 14.8. The van der Waals surface area contributed by atoms with Gasteiger partial charge in [-0.15, -0.1) is 6.58 Å². The molecule has 6 rings (SSSR count). The number of aryl methyl sites for hydroxylation is 1. The molecule has 18 heteroatoms. The number of urea groups is 1. The Balaban J connectivity index is 0.00000281. The fraction of sp³-hybridized carbons (Fsp3) is 0.281. The van der Waals surface area contributed by atoms with Gasteiger partial charge in [0.05, 0.1) is 13.1 Å². The number of piperazine rings is 1. The van der Waals surface area contributed by atoms with Crippen molar-refractivity contribution in [2.45, 2.75) is 31.7 Å². The third kappa shape index (κ3) is 9.22. The Bertz CT molecular complexity index is 1890. The molecule has 0 saturated carbocycles. The van der Waals surface area contributed by atoms with E-state index >= 15 is 0 Å². The van der Waals surface area contributed by atoms with Crippen LogP contribution in [-0.2, 0) is 40.7 Å². The molecule has 0 radical (unpaired) electrons.